The zero-order valence-corrected chi connectivity index (χ0v) is 12.7. The van der Waals surface area contributed by atoms with Crippen molar-refractivity contribution in [2.75, 3.05) is 19.8 Å². The Bertz CT molecular complexity index is 636. The largest absolute Gasteiger partial charge is 0.395 e. The van der Waals surface area contributed by atoms with E-state index in [0.29, 0.717) is 19.0 Å². The first-order chi connectivity index (χ1) is 9.64. The third kappa shape index (κ3) is 2.26. The van der Waals surface area contributed by atoms with Gasteiger partial charge in [0, 0.05) is 16.2 Å². The van der Waals surface area contributed by atoms with Crippen molar-refractivity contribution < 1.29 is 9.84 Å². The highest BCUT2D eigenvalue weighted by atomic mass is 79.9. The second-order valence-corrected chi connectivity index (χ2v) is 6.07. The average molecular weight is 335 g/mol. The van der Waals surface area contributed by atoms with Gasteiger partial charge in [-0.25, -0.2) is 9.97 Å². The van der Waals surface area contributed by atoms with Crippen LogP contribution < -0.4 is 0 Å². The summed E-state index contributed by atoms with van der Waals surface area (Å²) in [7, 11) is 0. The summed E-state index contributed by atoms with van der Waals surface area (Å²) < 4.78 is 6.24. The Morgan fingerprint density at radius 1 is 1.35 bits per heavy atom. The van der Waals surface area contributed by atoms with E-state index in [0.717, 1.165) is 21.3 Å². The van der Waals surface area contributed by atoms with Crippen molar-refractivity contribution in [1.29, 1.82) is 0 Å². The molecule has 2 aromatic rings. The number of ether oxygens (including phenoxy) is 1. The van der Waals surface area contributed by atoms with Crippen LogP contribution in [0.4, 0.5) is 0 Å². The van der Waals surface area contributed by atoms with Gasteiger partial charge in [-0.1, -0.05) is 22.0 Å². The van der Waals surface area contributed by atoms with Crippen molar-refractivity contribution in [1.82, 2.24) is 9.97 Å². The van der Waals surface area contributed by atoms with Crippen molar-refractivity contribution in [3.8, 4) is 11.3 Å². The highest BCUT2D eigenvalue weighted by Crippen LogP contribution is 2.31. The lowest BCUT2D eigenvalue weighted by Crippen LogP contribution is -2.51. The van der Waals surface area contributed by atoms with Gasteiger partial charge in [0.15, 0.2) is 0 Å². The number of hydrogen-bond acceptors (Lipinski definition) is 4. The second kappa shape index (κ2) is 5.24. The molecule has 2 heterocycles. The van der Waals surface area contributed by atoms with Crippen molar-refractivity contribution in [2.45, 2.75) is 12.3 Å². The SMILES string of the molecule is Cc1ccc(Br)cc1-c1ccnc(C2(CO)COC2)n1. The van der Waals surface area contributed by atoms with Gasteiger partial charge in [-0.2, -0.15) is 0 Å². The highest BCUT2D eigenvalue weighted by molar-refractivity contribution is 9.10. The molecule has 1 aliphatic heterocycles. The van der Waals surface area contributed by atoms with Crippen LogP contribution in [0, 0.1) is 6.92 Å². The number of aromatic nitrogens is 2. The molecule has 1 aliphatic rings. The topological polar surface area (TPSA) is 55.2 Å². The van der Waals surface area contributed by atoms with E-state index in [1.54, 1.807) is 6.20 Å². The summed E-state index contributed by atoms with van der Waals surface area (Å²) in [5, 5.41) is 9.58. The van der Waals surface area contributed by atoms with E-state index >= 15 is 0 Å². The maximum Gasteiger partial charge on any atom is 0.142 e. The third-order valence-electron chi connectivity index (χ3n) is 3.66. The Kier molecular flexibility index (Phi) is 3.58. The van der Waals surface area contributed by atoms with Crippen LogP contribution in [-0.2, 0) is 10.2 Å². The molecule has 0 bridgehead atoms. The van der Waals surface area contributed by atoms with Crippen LogP contribution >= 0.6 is 15.9 Å². The maximum absolute atomic E-state index is 9.58. The van der Waals surface area contributed by atoms with Crippen LogP contribution in [0.1, 0.15) is 11.4 Å². The Morgan fingerprint density at radius 2 is 2.15 bits per heavy atom. The average Bonchev–Trinajstić information content (AvgIpc) is 2.41. The lowest BCUT2D eigenvalue weighted by molar-refractivity contribution is -0.0883. The van der Waals surface area contributed by atoms with Gasteiger partial charge in [0.1, 0.15) is 5.82 Å². The summed E-state index contributed by atoms with van der Waals surface area (Å²) in [4.78, 5) is 8.96. The monoisotopic (exact) mass is 334 g/mol. The fourth-order valence-corrected chi connectivity index (χ4v) is 2.64. The van der Waals surface area contributed by atoms with E-state index in [2.05, 4.69) is 38.9 Å². The van der Waals surface area contributed by atoms with E-state index in [9.17, 15) is 5.11 Å². The summed E-state index contributed by atoms with van der Waals surface area (Å²) in [6, 6.07) is 8.00. The number of hydrogen-bond donors (Lipinski definition) is 1. The Labute approximate surface area is 126 Å². The molecule has 5 heteroatoms. The van der Waals surface area contributed by atoms with Gasteiger partial charge in [-0.15, -0.1) is 0 Å². The van der Waals surface area contributed by atoms with E-state index in [1.165, 1.54) is 0 Å². The van der Waals surface area contributed by atoms with Gasteiger partial charge in [0.25, 0.3) is 0 Å². The molecule has 0 saturated carbocycles. The molecule has 1 N–H and O–H groups in total. The Hall–Kier alpha value is -1.30. The van der Waals surface area contributed by atoms with Gasteiger partial charge in [-0.3, -0.25) is 0 Å². The van der Waals surface area contributed by atoms with E-state index in [4.69, 9.17) is 4.74 Å². The first-order valence-electron chi connectivity index (χ1n) is 6.43. The molecule has 1 aromatic carbocycles. The predicted molar refractivity (Wildman–Crippen MR) is 79.5 cm³/mol. The zero-order valence-electron chi connectivity index (χ0n) is 11.1. The van der Waals surface area contributed by atoms with Crippen LogP contribution in [0.15, 0.2) is 34.9 Å². The summed E-state index contributed by atoms with van der Waals surface area (Å²) >= 11 is 3.49. The van der Waals surface area contributed by atoms with Crippen LogP contribution in [0.3, 0.4) is 0 Å². The molecule has 104 valence electrons. The fraction of sp³-hybridized carbons (Fsp3) is 0.333. The van der Waals surface area contributed by atoms with Crippen LogP contribution in [0.2, 0.25) is 0 Å². The predicted octanol–water partition coefficient (Wildman–Crippen LogP) is 2.47. The summed E-state index contributed by atoms with van der Waals surface area (Å²) in [5.74, 6) is 0.656. The quantitative estimate of drug-likeness (QED) is 0.936. The molecule has 1 aromatic heterocycles. The standard InChI is InChI=1S/C15H15BrN2O2/c1-10-2-3-11(16)6-12(10)13-4-5-17-14(18-13)15(7-19)8-20-9-15/h2-6,19H,7-9H2,1H3. The highest BCUT2D eigenvalue weighted by Gasteiger charge is 2.42. The molecule has 0 unspecified atom stereocenters. The first kappa shape index (κ1) is 13.7. The lowest BCUT2D eigenvalue weighted by Gasteiger charge is -2.38. The molecule has 0 atom stereocenters. The number of rotatable bonds is 3. The molecule has 1 saturated heterocycles. The summed E-state index contributed by atoms with van der Waals surface area (Å²) in [5.41, 5.74) is 2.65. The molecule has 20 heavy (non-hydrogen) atoms. The number of aliphatic hydroxyl groups is 1. The molecule has 0 radical (unpaired) electrons. The van der Waals surface area contributed by atoms with Crippen molar-refractivity contribution in [3.05, 3.63) is 46.3 Å². The number of benzene rings is 1. The van der Waals surface area contributed by atoms with Crippen molar-refractivity contribution in [3.63, 3.8) is 0 Å². The van der Waals surface area contributed by atoms with Gasteiger partial charge < -0.3 is 9.84 Å². The number of halogens is 1. The molecule has 3 rings (SSSR count). The molecular weight excluding hydrogens is 320 g/mol. The van der Waals surface area contributed by atoms with Crippen molar-refractivity contribution in [2.24, 2.45) is 0 Å². The van der Waals surface area contributed by atoms with Crippen molar-refractivity contribution >= 4 is 15.9 Å². The smallest absolute Gasteiger partial charge is 0.142 e. The van der Waals surface area contributed by atoms with Gasteiger partial charge in [-0.05, 0) is 30.7 Å². The number of aliphatic hydroxyl groups excluding tert-OH is 1. The first-order valence-corrected chi connectivity index (χ1v) is 7.23. The lowest BCUT2D eigenvalue weighted by atomic mass is 9.86. The minimum absolute atomic E-state index is 0.00786. The minimum Gasteiger partial charge on any atom is -0.395 e. The summed E-state index contributed by atoms with van der Waals surface area (Å²) in [6.07, 6.45) is 1.74. The number of aryl methyl sites for hydroxylation is 1. The van der Waals surface area contributed by atoms with Crippen LogP contribution in [0.5, 0.6) is 0 Å². The summed E-state index contributed by atoms with van der Waals surface area (Å²) in [6.45, 7) is 3.01. The fourth-order valence-electron chi connectivity index (χ4n) is 2.27. The van der Waals surface area contributed by atoms with E-state index in [-0.39, 0.29) is 6.61 Å². The molecule has 0 spiro atoms. The maximum atomic E-state index is 9.58. The van der Waals surface area contributed by atoms with Crippen LogP contribution in [-0.4, -0.2) is 34.9 Å². The molecular formula is C15H15BrN2O2. The van der Waals surface area contributed by atoms with Gasteiger partial charge in [0.2, 0.25) is 0 Å². The Balaban J connectivity index is 2.05. The zero-order chi connectivity index (χ0) is 14.2. The molecule has 4 nitrogen and oxygen atoms in total. The minimum atomic E-state index is -0.435. The van der Waals surface area contributed by atoms with Gasteiger partial charge in [0.05, 0.1) is 30.9 Å². The second-order valence-electron chi connectivity index (χ2n) is 5.16. The third-order valence-corrected chi connectivity index (χ3v) is 4.16. The van der Waals surface area contributed by atoms with Gasteiger partial charge >= 0.3 is 0 Å². The molecule has 1 fully saturated rings. The molecule has 0 amide bonds. The van der Waals surface area contributed by atoms with E-state index < -0.39 is 5.41 Å². The molecule has 0 aliphatic carbocycles. The van der Waals surface area contributed by atoms with E-state index in [1.807, 2.05) is 18.2 Å². The van der Waals surface area contributed by atoms with Crippen LogP contribution in [0.25, 0.3) is 11.3 Å². The number of nitrogens with zero attached hydrogens (tertiary/aromatic N) is 2. The Morgan fingerprint density at radius 3 is 2.80 bits per heavy atom. The normalized spacial score (nSPS) is 16.8.